The van der Waals surface area contributed by atoms with Gasteiger partial charge in [0, 0.05) is 39.5 Å². The molecule has 0 aromatic rings. The van der Waals surface area contributed by atoms with Crippen molar-refractivity contribution in [3.63, 3.8) is 0 Å². The van der Waals surface area contributed by atoms with E-state index in [4.69, 9.17) is 4.74 Å². The number of rotatable bonds is 14. The van der Waals surface area contributed by atoms with Crippen LogP contribution in [0.1, 0.15) is 59.8 Å². The lowest BCUT2D eigenvalue weighted by molar-refractivity contribution is 0.129. The van der Waals surface area contributed by atoms with Crippen molar-refractivity contribution in [2.75, 3.05) is 39.5 Å². The van der Waals surface area contributed by atoms with Gasteiger partial charge in [-0.15, -0.1) is 0 Å². The molecule has 0 saturated carbocycles. The summed E-state index contributed by atoms with van der Waals surface area (Å²) < 4.78 is 5.56. The third-order valence-corrected chi connectivity index (χ3v) is 3.59. The second-order valence-electron chi connectivity index (χ2n) is 6.47. The highest BCUT2D eigenvalue weighted by atomic mass is 16.5. The first-order valence-electron chi connectivity index (χ1n) is 9.34. The second kappa shape index (κ2) is 16.1. The van der Waals surface area contributed by atoms with Crippen LogP contribution in [0.2, 0.25) is 0 Å². The molecule has 0 bridgehead atoms. The van der Waals surface area contributed by atoms with Crippen molar-refractivity contribution in [3.8, 4) is 0 Å². The summed E-state index contributed by atoms with van der Waals surface area (Å²) in [5.41, 5.74) is 0. The molecule has 5 heteroatoms. The van der Waals surface area contributed by atoms with Gasteiger partial charge in [0.05, 0.1) is 0 Å². The van der Waals surface area contributed by atoms with Crippen molar-refractivity contribution in [1.82, 2.24) is 10.6 Å². The van der Waals surface area contributed by atoms with Gasteiger partial charge in [0.1, 0.15) is 0 Å². The fourth-order valence-corrected chi connectivity index (χ4v) is 2.42. The molecule has 23 heavy (non-hydrogen) atoms. The number of nitrogens with one attached hydrogen (secondary N) is 2. The number of aliphatic hydroxyl groups excluding tert-OH is 1. The van der Waals surface area contributed by atoms with Gasteiger partial charge < -0.3 is 20.5 Å². The second-order valence-corrected chi connectivity index (χ2v) is 6.47. The van der Waals surface area contributed by atoms with Crippen LogP contribution < -0.4 is 10.6 Å². The van der Waals surface area contributed by atoms with E-state index in [0.717, 1.165) is 64.5 Å². The van der Waals surface area contributed by atoms with E-state index >= 15 is 0 Å². The molecule has 0 saturated heterocycles. The van der Waals surface area contributed by atoms with Gasteiger partial charge in [0.25, 0.3) is 0 Å². The molecular weight excluding hydrogens is 290 g/mol. The van der Waals surface area contributed by atoms with Gasteiger partial charge in [-0.2, -0.15) is 0 Å². The maximum absolute atomic E-state index is 9.19. The van der Waals surface area contributed by atoms with Gasteiger partial charge in [-0.1, -0.05) is 27.2 Å². The Morgan fingerprint density at radius 2 is 1.87 bits per heavy atom. The Kier molecular flexibility index (Phi) is 15.5. The minimum absolute atomic E-state index is 0.242. The molecule has 0 aliphatic heterocycles. The van der Waals surface area contributed by atoms with E-state index in [2.05, 4.69) is 43.3 Å². The van der Waals surface area contributed by atoms with Crippen LogP contribution in [-0.4, -0.2) is 50.5 Å². The zero-order valence-electron chi connectivity index (χ0n) is 15.7. The molecule has 5 nitrogen and oxygen atoms in total. The highest BCUT2D eigenvalue weighted by molar-refractivity contribution is 5.79. The van der Waals surface area contributed by atoms with Crippen molar-refractivity contribution in [3.05, 3.63) is 0 Å². The average Bonchev–Trinajstić information content (AvgIpc) is 2.51. The van der Waals surface area contributed by atoms with Crippen LogP contribution in [-0.2, 0) is 4.74 Å². The van der Waals surface area contributed by atoms with Crippen molar-refractivity contribution in [2.24, 2.45) is 16.8 Å². The number of aliphatic hydroxyl groups is 1. The number of hydrogen-bond donors (Lipinski definition) is 3. The van der Waals surface area contributed by atoms with Crippen LogP contribution in [0.3, 0.4) is 0 Å². The summed E-state index contributed by atoms with van der Waals surface area (Å²) in [6, 6.07) is 0. The zero-order chi connectivity index (χ0) is 17.3. The maximum atomic E-state index is 9.19. The molecular formula is C18H39N3O2. The first-order valence-corrected chi connectivity index (χ1v) is 9.34. The largest absolute Gasteiger partial charge is 0.396 e. The van der Waals surface area contributed by atoms with Crippen LogP contribution in [0, 0.1) is 11.8 Å². The van der Waals surface area contributed by atoms with Gasteiger partial charge >= 0.3 is 0 Å². The number of guanidine groups is 1. The Hall–Kier alpha value is -0.810. The van der Waals surface area contributed by atoms with E-state index in [1.54, 1.807) is 0 Å². The zero-order valence-corrected chi connectivity index (χ0v) is 15.7. The van der Waals surface area contributed by atoms with Crippen molar-refractivity contribution < 1.29 is 9.84 Å². The van der Waals surface area contributed by atoms with Gasteiger partial charge in [-0.3, -0.25) is 4.99 Å². The number of aliphatic imine (C=N–C) groups is 1. The number of nitrogens with zero attached hydrogens (tertiary/aromatic N) is 1. The quantitative estimate of drug-likeness (QED) is 0.260. The average molecular weight is 330 g/mol. The summed E-state index contributed by atoms with van der Waals surface area (Å²) in [6.45, 7) is 13.1. The van der Waals surface area contributed by atoms with Crippen molar-refractivity contribution in [1.29, 1.82) is 0 Å². The van der Waals surface area contributed by atoms with Gasteiger partial charge in [-0.25, -0.2) is 0 Å². The molecule has 3 N–H and O–H groups in total. The first-order chi connectivity index (χ1) is 11.1. The molecule has 0 aromatic carbocycles. The topological polar surface area (TPSA) is 65.9 Å². The highest BCUT2D eigenvalue weighted by Crippen LogP contribution is 2.15. The Labute approximate surface area is 143 Å². The van der Waals surface area contributed by atoms with E-state index in [0.29, 0.717) is 11.8 Å². The lowest BCUT2D eigenvalue weighted by atomic mass is 9.94. The first kappa shape index (κ1) is 22.2. The molecule has 0 aliphatic carbocycles. The van der Waals surface area contributed by atoms with Gasteiger partial charge in [0.2, 0.25) is 0 Å². The molecule has 0 fully saturated rings. The van der Waals surface area contributed by atoms with Gasteiger partial charge in [0.15, 0.2) is 5.96 Å². The standard InChI is InChI=1S/C18H39N3O2/c1-5-7-12-23-13-8-10-20-18(19-6-2)21-15-17(9-11-22)14-16(3)4/h16-17,22H,5-15H2,1-4H3,(H2,19,20,21). The molecule has 0 aliphatic rings. The maximum Gasteiger partial charge on any atom is 0.191 e. The van der Waals surface area contributed by atoms with E-state index in [1.165, 1.54) is 6.42 Å². The lowest BCUT2D eigenvalue weighted by Crippen LogP contribution is -2.38. The Balaban J connectivity index is 4.09. The summed E-state index contributed by atoms with van der Waals surface area (Å²) in [5, 5.41) is 15.8. The molecule has 1 atom stereocenters. The molecule has 0 spiro atoms. The molecule has 138 valence electrons. The summed E-state index contributed by atoms with van der Waals surface area (Å²) in [5.74, 6) is 1.96. The highest BCUT2D eigenvalue weighted by Gasteiger charge is 2.10. The van der Waals surface area contributed by atoms with E-state index < -0.39 is 0 Å². The molecule has 0 aromatic heterocycles. The normalized spacial score (nSPS) is 13.4. The fraction of sp³-hybridized carbons (Fsp3) is 0.944. The Morgan fingerprint density at radius 3 is 2.48 bits per heavy atom. The molecule has 1 unspecified atom stereocenters. The fourth-order valence-electron chi connectivity index (χ4n) is 2.42. The number of unbranched alkanes of at least 4 members (excludes halogenated alkanes) is 1. The van der Waals surface area contributed by atoms with Crippen molar-refractivity contribution >= 4 is 5.96 Å². The molecule has 0 rings (SSSR count). The van der Waals surface area contributed by atoms with Crippen LogP contribution in [0.15, 0.2) is 4.99 Å². The van der Waals surface area contributed by atoms with Crippen LogP contribution in [0.25, 0.3) is 0 Å². The van der Waals surface area contributed by atoms with E-state index in [-0.39, 0.29) is 6.61 Å². The third kappa shape index (κ3) is 14.5. The van der Waals surface area contributed by atoms with Crippen LogP contribution in [0.4, 0.5) is 0 Å². The van der Waals surface area contributed by atoms with Crippen LogP contribution in [0.5, 0.6) is 0 Å². The summed E-state index contributed by atoms with van der Waals surface area (Å²) in [6.07, 6.45) is 5.24. The van der Waals surface area contributed by atoms with Crippen molar-refractivity contribution in [2.45, 2.75) is 59.8 Å². The number of hydrogen-bond acceptors (Lipinski definition) is 3. The predicted octanol–water partition coefficient (Wildman–Crippen LogP) is 2.79. The molecule has 0 amide bonds. The van der Waals surface area contributed by atoms with Crippen LogP contribution >= 0.6 is 0 Å². The monoisotopic (exact) mass is 329 g/mol. The SMILES string of the molecule is CCCCOCCCNC(=NCC(CCO)CC(C)C)NCC. The summed E-state index contributed by atoms with van der Waals surface area (Å²) >= 11 is 0. The van der Waals surface area contributed by atoms with E-state index in [1.807, 2.05) is 0 Å². The molecule has 0 heterocycles. The minimum atomic E-state index is 0.242. The molecule has 0 radical (unpaired) electrons. The smallest absolute Gasteiger partial charge is 0.191 e. The number of ether oxygens (including phenoxy) is 1. The summed E-state index contributed by atoms with van der Waals surface area (Å²) in [7, 11) is 0. The summed E-state index contributed by atoms with van der Waals surface area (Å²) in [4.78, 5) is 4.68. The minimum Gasteiger partial charge on any atom is -0.396 e. The predicted molar refractivity (Wildman–Crippen MR) is 99.0 cm³/mol. The lowest BCUT2D eigenvalue weighted by Gasteiger charge is -2.17. The Morgan fingerprint density at radius 1 is 1.13 bits per heavy atom. The van der Waals surface area contributed by atoms with Gasteiger partial charge in [-0.05, 0) is 44.4 Å². The van der Waals surface area contributed by atoms with E-state index in [9.17, 15) is 5.11 Å². The Bertz CT molecular complexity index is 283. The third-order valence-electron chi connectivity index (χ3n) is 3.59.